The van der Waals surface area contributed by atoms with E-state index in [0.29, 0.717) is 43.2 Å². The van der Waals surface area contributed by atoms with Crippen molar-refractivity contribution in [3.63, 3.8) is 0 Å². The van der Waals surface area contributed by atoms with Crippen LogP contribution >= 0.6 is 23.1 Å². The Labute approximate surface area is 168 Å². The van der Waals surface area contributed by atoms with Gasteiger partial charge in [-0.05, 0) is 38.2 Å². The fraction of sp³-hybridized carbons (Fsp3) is 0.688. The van der Waals surface area contributed by atoms with Gasteiger partial charge in [-0.25, -0.2) is 18.1 Å². The van der Waals surface area contributed by atoms with E-state index < -0.39 is 16.1 Å². The minimum atomic E-state index is -3.49. The van der Waals surface area contributed by atoms with Crippen LogP contribution in [0.2, 0.25) is 0 Å². The third-order valence-electron chi connectivity index (χ3n) is 4.38. The largest absolute Gasteiger partial charge is 0.341 e. The fourth-order valence-corrected chi connectivity index (χ4v) is 4.70. The van der Waals surface area contributed by atoms with Crippen molar-refractivity contribution in [3.05, 3.63) is 11.6 Å². The van der Waals surface area contributed by atoms with E-state index in [4.69, 9.17) is 0 Å². The van der Waals surface area contributed by atoms with Gasteiger partial charge >= 0.3 is 0 Å². The smallest absolute Gasteiger partial charge is 0.240 e. The summed E-state index contributed by atoms with van der Waals surface area (Å²) in [5, 5.41) is 5.10. The molecule has 2 unspecified atom stereocenters. The Balaban J connectivity index is 2.02. The van der Waals surface area contributed by atoms with Crippen LogP contribution in [0.25, 0.3) is 0 Å². The number of nitrogens with one attached hydrogen (secondary N) is 2. The van der Waals surface area contributed by atoms with Gasteiger partial charge < -0.3 is 10.2 Å². The highest BCUT2D eigenvalue weighted by Gasteiger charge is 2.33. The predicted octanol–water partition coefficient (Wildman–Crippen LogP) is 1.38. The molecule has 2 N–H and O–H groups in total. The molecule has 2 rings (SSSR count). The van der Waals surface area contributed by atoms with Crippen molar-refractivity contribution in [2.75, 3.05) is 36.2 Å². The van der Waals surface area contributed by atoms with Gasteiger partial charge in [0.1, 0.15) is 6.04 Å². The summed E-state index contributed by atoms with van der Waals surface area (Å²) in [6, 6.07) is -0.789. The molecule has 27 heavy (non-hydrogen) atoms. The van der Waals surface area contributed by atoms with Crippen molar-refractivity contribution in [2.24, 2.45) is 5.92 Å². The van der Waals surface area contributed by atoms with E-state index in [1.54, 1.807) is 28.2 Å². The Hall–Kier alpha value is -1.17. The molecule has 2 atom stereocenters. The lowest BCUT2D eigenvalue weighted by atomic mass is 9.96. The van der Waals surface area contributed by atoms with Gasteiger partial charge in [0.05, 0.1) is 11.7 Å². The van der Waals surface area contributed by atoms with Crippen LogP contribution in [0.4, 0.5) is 5.13 Å². The summed E-state index contributed by atoms with van der Waals surface area (Å²) >= 11 is 2.90. The number of piperidine rings is 1. The van der Waals surface area contributed by atoms with E-state index in [9.17, 15) is 18.0 Å². The molecule has 0 bridgehead atoms. The van der Waals surface area contributed by atoms with Crippen LogP contribution in [0.3, 0.4) is 0 Å². The number of amides is 2. The van der Waals surface area contributed by atoms with Crippen LogP contribution in [0.15, 0.2) is 11.6 Å². The molecule has 0 radical (unpaired) electrons. The van der Waals surface area contributed by atoms with Crippen LogP contribution in [-0.2, 0) is 19.6 Å². The summed E-state index contributed by atoms with van der Waals surface area (Å²) in [6.07, 6.45) is 5.35. The number of likely N-dealkylation sites (tertiary alicyclic amines) is 1. The molecule has 1 aromatic heterocycles. The van der Waals surface area contributed by atoms with Crippen LogP contribution in [0.5, 0.6) is 0 Å². The molecule has 11 heteroatoms. The normalized spacial score (nSPS) is 18.9. The van der Waals surface area contributed by atoms with Crippen molar-refractivity contribution in [2.45, 2.75) is 32.2 Å². The van der Waals surface area contributed by atoms with Gasteiger partial charge in [-0.2, -0.15) is 11.8 Å². The quantitative estimate of drug-likeness (QED) is 0.608. The molecule has 0 aliphatic carbocycles. The number of thiazole rings is 1. The predicted molar refractivity (Wildman–Crippen MR) is 109 cm³/mol. The van der Waals surface area contributed by atoms with Gasteiger partial charge in [-0.15, -0.1) is 11.3 Å². The van der Waals surface area contributed by atoms with E-state index in [2.05, 4.69) is 15.0 Å². The number of anilines is 1. The first kappa shape index (κ1) is 22.1. The van der Waals surface area contributed by atoms with Crippen molar-refractivity contribution in [1.82, 2.24) is 14.6 Å². The summed E-state index contributed by atoms with van der Waals surface area (Å²) in [5.74, 6) is -0.139. The maximum Gasteiger partial charge on any atom is 0.240 e. The SMILES string of the molecule is CCS(=O)(=O)NC(CCSC)C(=O)N1CCCC(C(=O)Nc2nccs2)C1. The van der Waals surface area contributed by atoms with E-state index in [1.807, 2.05) is 6.26 Å². The molecule has 2 amide bonds. The zero-order valence-corrected chi connectivity index (χ0v) is 18.0. The summed E-state index contributed by atoms with van der Waals surface area (Å²) < 4.78 is 26.4. The lowest BCUT2D eigenvalue weighted by Gasteiger charge is -2.34. The topological polar surface area (TPSA) is 108 Å². The molecule has 1 aromatic rings. The van der Waals surface area contributed by atoms with E-state index in [1.165, 1.54) is 18.3 Å². The van der Waals surface area contributed by atoms with Gasteiger partial charge in [0.15, 0.2) is 5.13 Å². The zero-order chi connectivity index (χ0) is 19.9. The Bertz CT molecular complexity index is 724. The Kier molecular flexibility index (Phi) is 8.52. The molecule has 2 heterocycles. The zero-order valence-electron chi connectivity index (χ0n) is 15.5. The highest BCUT2D eigenvalue weighted by Crippen LogP contribution is 2.21. The number of nitrogens with zero attached hydrogens (tertiary/aromatic N) is 2. The molecule has 1 saturated heterocycles. The third-order valence-corrected chi connectivity index (χ3v) is 7.11. The van der Waals surface area contributed by atoms with E-state index >= 15 is 0 Å². The maximum atomic E-state index is 12.9. The molecule has 1 aliphatic rings. The lowest BCUT2D eigenvalue weighted by Crippen LogP contribution is -2.52. The highest BCUT2D eigenvalue weighted by molar-refractivity contribution is 7.98. The standard InChI is InChI=1S/C16H26N4O4S3/c1-3-27(23,24)19-13(6-9-25-2)15(22)20-8-4-5-12(11-20)14(21)18-16-17-7-10-26-16/h7,10,12-13,19H,3-6,8-9,11H2,1-2H3,(H,17,18,21). The van der Waals surface area contributed by atoms with Crippen LogP contribution in [0, 0.1) is 5.92 Å². The minimum Gasteiger partial charge on any atom is -0.341 e. The average Bonchev–Trinajstić information content (AvgIpc) is 3.17. The number of rotatable bonds is 9. The second-order valence-electron chi connectivity index (χ2n) is 6.31. The third kappa shape index (κ3) is 6.74. The Morgan fingerprint density at radius 3 is 2.89 bits per heavy atom. The van der Waals surface area contributed by atoms with Gasteiger partial charge in [0, 0.05) is 24.7 Å². The van der Waals surface area contributed by atoms with Crippen molar-refractivity contribution in [3.8, 4) is 0 Å². The number of hydrogen-bond acceptors (Lipinski definition) is 7. The Morgan fingerprint density at radius 2 is 2.26 bits per heavy atom. The number of hydrogen-bond donors (Lipinski definition) is 2. The molecule has 1 aliphatic heterocycles. The van der Waals surface area contributed by atoms with E-state index in [0.717, 1.165) is 0 Å². The van der Waals surface area contributed by atoms with Crippen LogP contribution in [0.1, 0.15) is 26.2 Å². The maximum absolute atomic E-state index is 12.9. The second kappa shape index (κ2) is 10.4. The summed E-state index contributed by atoms with van der Waals surface area (Å²) in [5.41, 5.74) is 0. The number of carbonyl (C=O) groups is 2. The minimum absolute atomic E-state index is 0.0745. The van der Waals surface area contributed by atoms with E-state index in [-0.39, 0.29) is 23.5 Å². The fourth-order valence-electron chi connectivity index (χ4n) is 2.87. The monoisotopic (exact) mass is 434 g/mol. The molecular formula is C16H26N4O4S3. The second-order valence-corrected chi connectivity index (χ2v) is 10.2. The summed E-state index contributed by atoms with van der Waals surface area (Å²) in [4.78, 5) is 31.0. The van der Waals surface area contributed by atoms with Gasteiger partial charge in [-0.1, -0.05) is 0 Å². The number of carbonyl (C=O) groups excluding carboxylic acids is 2. The molecule has 0 aromatic carbocycles. The average molecular weight is 435 g/mol. The summed E-state index contributed by atoms with van der Waals surface area (Å²) in [6.45, 7) is 2.36. The summed E-state index contributed by atoms with van der Waals surface area (Å²) in [7, 11) is -3.49. The van der Waals surface area contributed by atoms with Crippen molar-refractivity contribution < 1.29 is 18.0 Å². The lowest BCUT2D eigenvalue weighted by molar-refractivity contribution is -0.136. The van der Waals surface area contributed by atoms with Crippen molar-refractivity contribution in [1.29, 1.82) is 0 Å². The number of aromatic nitrogens is 1. The molecular weight excluding hydrogens is 408 g/mol. The van der Waals surface area contributed by atoms with Gasteiger partial charge in [0.2, 0.25) is 21.8 Å². The van der Waals surface area contributed by atoms with Gasteiger partial charge in [-0.3, -0.25) is 9.59 Å². The first-order valence-electron chi connectivity index (χ1n) is 8.84. The molecule has 152 valence electrons. The van der Waals surface area contributed by atoms with Crippen LogP contribution in [-0.4, -0.2) is 67.0 Å². The molecule has 8 nitrogen and oxygen atoms in total. The first-order valence-corrected chi connectivity index (χ1v) is 12.8. The number of sulfonamides is 1. The molecule has 0 saturated carbocycles. The number of thioether (sulfide) groups is 1. The highest BCUT2D eigenvalue weighted by atomic mass is 32.2. The van der Waals surface area contributed by atoms with Gasteiger partial charge in [0.25, 0.3) is 0 Å². The molecule has 0 spiro atoms. The molecule has 1 fully saturated rings. The first-order chi connectivity index (χ1) is 12.9. The Morgan fingerprint density at radius 1 is 1.48 bits per heavy atom. The van der Waals surface area contributed by atoms with Crippen LogP contribution < -0.4 is 10.0 Å². The van der Waals surface area contributed by atoms with Crippen molar-refractivity contribution >= 4 is 50.1 Å².